The van der Waals surface area contributed by atoms with Crippen molar-refractivity contribution in [2.24, 2.45) is 0 Å². The number of aromatic hydroxyl groups is 1. The monoisotopic (exact) mass is 228 g/mol. The molecule has 0 bridgehead atoms. The number of rotatable bonds is 0. The minimum Gasteiger partial charge on any atom is -0.504 e. The van der Waals surface area contributed by atoms with Crippen molar-refractivity contribution in [2.45, 2.75) is 6.92 Å². The second kappa shape index (κ2) is 3.15. The van der Waals surface area contributed by atoms with Gasteiger partial charge in [0.2, 0.25) is 0 Å². The standard InChI is InChI=1S/C8H8N2O.BrH/c1-6-2-4-10-5-3-9-8(10)7(6)11;/h2-5,11H,1H3;1H. The number of hydrogen-bond acceptors (Lipinski definition) is 2. The third kappa shape index (κ3) is 1.18. The zero-order valence-electron chi connectivity index (χ0n) is 6.56. The van der Waals surface area contributed by atoms with Gasteiger partial charge in [0.25, 0.3) is 0 Å². The number of imidazole rings is 1. The molecule has 1 N–H and O–H groups in total. The highest BCUT2D eigenvalue weighted by atomic mass is 79.9. The lowest BCUT2D eigenvalue weighted by atomic mass is 10.3. The largest absolute Gasteiger partial charge is 0.504 e. The number of halogens is 1. The van der Waals surface area contributed by atoms with Crippen LogP contribution in [0.2, 0.25) is 0 Å². The molecule has 0 radical (unpaired) electrons. The van der Waals surface area contributed by atoms with E-state index in [9.17, 15) is 5.11 Å². The van der Waals surface area contributed by atoms with Gasteiger partial charge in [-0.05, 0) is 18.6 Å². The van der Waals surface area contributed by atoms with Crippen LogP contribution in [0.5, 0.6) is 5.75 Å². The zero-order chi connectivity index (χ0) is 7.84. The van der Waals surface area contributed by atoms with E-state index in [0.29, 0.717) is 5.65 Å². The molecule has 0 aliphatic rings. The van der Waals surface area contributed by atoms with Crippen LogP contribution in [0, 0.1) is 6.92 Å². The van der Waals surface area contributed by atoms with E-state index in [-0.39, 0.29) is 22.7 Å². The van der Waals surface area contributed by atoms with Gasteiger partial charge in [0, 0.05) is 18.6 Å². The molecule has 0 fully saturated rings. The Morgan fingerprint density at radius 2 is 2.17 bits per heavy atom. The average molecular weight is 229 g/mol. The van der Waals surface area contributed by atoms with Gasteiger partial charge in [0.15, 0.2) is 11.4 Å². The number of pyridine rings is 1. The molecular formula is C8H9BrN2O. The molecular weight excluding hydrogens is 220 g/mol. The summed E-state index contributed by atoms with van der Waals surface area (Å²) in [7, 11) is 0. The van der Waals surface area contributed by atoms with Crippen molar-refractivity contribution in [1.82, 2.24) is 9.38 Å². The molecule has 0 aromatic carbocycles. The number of nitrogens with zero attached hydrogens (tertiary/aromatic N) is 2. The van der Waals surface area contributed by atoms with Crippen molar-refractivity contribution in [3.8, 4) is 5.75 Å². The molecule has 0 saturated heterocycles. The second-order valence-electron chi connectivity index (χ2n) is 2.51. The predicted octanol–water partition coefficient (Wildman–Crippen LogP) is 1.93. The summed E-state index contributed by atoms with van der Waals surface area (Å²) in [5.41, 5.74) is 1.47. The van der Waals surface area contributed by atoms with Crippen LogP contribution in [0.1, 0.15) is 5.56 Å². The van der Waals surface area contributed by atoms with Gasteiger partial charge in [-0.25, -0.2) is 4.98 Å². The van der Waals surface area contributed by atoms with Gasteiger partial charge in [0.1, 0.15) is 0 Å². The summed E-state index contributed by atoms with van der Waals surface area (Å²) >= 11 is 0. The summed E-state index contributed by atoms with van der Waals surface area (Å²) in [5.74, 6) is 0.262. The van der Waals surface area contributed by atoms with Crippen molar-refractivity contribution >= 4 is 22.6 Å². The van der Waals surface area contributed by atoms with Crippen molar-refractivity contribution in [1.29, 1.82) is 0 Å². The van der Waals surface area contributed by atoms with Crippen molar-refractivity contribution in [3.63, 3.8) is 0 Å². The number of aromatic nitrogens is 2. The summed E-state index contributed by atoms with van der Waals surface area (Å²) in [6.45, 7) is 1.85. The van der Waals surface area contributed by atoms with Gasteiger partial charge in [-0.2, -0.15) is 0 Å². The van der Waals surface area contributed by atoms with Crippen molar-refractivity contribution in [3.05, 3.63) is 30.2 Å². The Balaban J connectivity index is 0.000000720. The fraction of sp³-hybridized carbons (Fsp3) is 0.125. The first-order valence-corrected chi connectivity index (χ1v) is 3.40. The summed E-state index contributed by atoms with van der Waals surface area (Å²) in [4.78, 5) is 3.99. The molecule has 0 saturated carbocycles. The van der Waals surface area contributed by atoms with E-state index < -0.39 is 0 Å². The molecule has 4 heteroatoms. The lowest BCUT2D eigenvalue weighted by Crippen LogP contribution is -1.84. The molecule has 2 aromatic rings. The maximum Gasteiger partial charge on any atom is 0.179 e. The minimum absolute atomic E-state index is 0. The van der Waals surface area contributed by atoms with Gasteiger partial charge in [-0.15, -0.1) is 17.0 Å². The Morgan fingerprint density at radius 3 is 2.92 bits per heavy atom. The summed E-state index contributed by atoms with van der Waals surface area (Å²) in [5, 5.41) is 9.46. The fourth-order valence-electron chi connectivity index (χ4n) is 1.06. The van der Waals surface area contributed by atoms with Gasteiger partial charge >= 0.3 is 0 Å². The number of hydrogen-bond donors (Lipinski definition) is 1. The third-order valence-corrected chi connectivity index (χ3v) is 1.74. The molecule has 12 heavy (non-hydrogen) atoms. The molecule has 0 unspecified atom stereocenters. The quantitative estimate of drug-likeness (QED) is 0.749. The van der Waals surface area contributed by atoms with E-state index in [1.54, 1.807) is 16.8 Å². The second-order valence-corrected chi connectivity index (χ2v) is 2.51. The van der Waals surface area contributed by atoms with Gasteiger partial charge < -0.3 is 9.51 Å². The van der Waals surface area contributed by atoms with Crippen molar-refractivity contribution in [2.75, 3.05) is 0 Å². The van der Waals surface area contributed by atoms with E-state index in [2.05, 4.69) is 4.98 Å². The Kier molecular flexibility index (Phi) is 2.38. The van der Waals surface area contributed by atoms with Crippen LogP contribution in [-0.2, 0) is 0 Å². The van der Waals surface area contributed by atoms with Crippen LogP contribution in [0.4, 0.5) is 0 Å². The van der Waals surface area contributed by atoms with Crippen molar-refractivity contribution < 1.29 is 5.11 Å². The lowest BCUT2D eigenvalue weighted by molar-refractivity contribution is 0.473. The molecule has 2 heterocycles. The Hall–Kier alpha value is -1.03. The number of aryl methyl sites for hydroxylation is 1. The molecule has 2 rings (SSSR count). The molecule has 2 aromatic heterocycles. The van der Waals surface area contributed by atoms with Crippen LogP contribution >= 0.6 is 17.0 Å². The molecule has 0 aliphatic carbocycles. The Labute approximate surface area is 80.4 Å². The van der Waals surface area contributed by atoms with E-state index in [0.717, 1.165) is 5.56 Å². The van der Waals surface area contributed by atoms with Gasteiger partial charge in [0.05, 0.1) is 0 Å². The maximum atomic E-state index is 9.46. The first-order chi connectivity index (χ1) is 5.29. The topological polar surface area (TPSA) is 37.5 Å². The lowest BCUT2D eigenvalue weighted by Gasteiger charge is -1.98. The van der Waals surface area contributed by atoms with Crippen LogP contribution in [0.3, 0.4) is 0 Å². The SMILES string of the molecule is Br.Cc1ccn2ccnc2c1O. The summed E-state index contributed by atoms with van der Waals surface area (Å²) < 4.78 is 1.78. The van der Waals surface area contributed by atoms with E-state index in [4.69, 9.17) is 0 Å². The molecule has 0 aliphatic heterocycles. The molecule has 0 spiro atoms. The third-order valence-electron chi connectivity index (χ3n) is 1.74. The van der Waals surface area contributed by atoms with Crippen LogP contribution in [0.25, 0.3) is 5.65 Å². The normalized spacial score (nSPS) is 9.75. The minimum atomic E-state index is 0. The molecule has 3 nitrogen and oxygen atoms in total. The van der Waals surface area contributed by atoms with Crippen LogP contribution in [0.15, 0.2) is 24.7 Å². The Bertz CT molecular complexity index is 397. The highest BCUT2D eigenvalue weighted by molar-refractivity contribution is 8.93. The first kappa shape index (κ1) is 9.06. The summed E-state index contributed by atoms with van der Waals surface area (Å²) in [6, 6.07) is 1.85. The zero-order valence-corrected chi connectivity index (χ0v) is 8.27. The Morgan fingerprint density at radius 1 is 1.42 bits per heavy atom. The fourth-order valence-corrected chi connectivity index (χ4v) is 1.06. The van der Waals surface area contributed by atoms with E-state index >= 15 is 0 Å². The molecule has 64 valence electrons. The van der Waals surface area contributed by atoms with Crippen LogP contribution < -0.4 is 0 Å². The average Bonchev–Trinajstić information content (AvgIpc) is 2.45. The summed E-state index contributed by atoms with van der Waals surface area (Å²) in [6.07, 6.45) is 5.33. The van der Waals surface area contributed by atoms with Crippen LogP contribution in [-0.4, -0.2) is 14.5 Å². The smallest absolute Gasteiger partial charge is 0.179 e. The maximum absolute atomic E-state index is 9.46. The number of fused-ring (bicyclic) bond motifs is 1. The van der Waals surface area contributed by atoms with Gasteiger partial charge in [-0.1, -0.05) is 0 Å². The predicted molar refractivity (Wildman–Crippen MR) is 51.9 cm³/mol. The highest BCUT2D eigenvalue weighted by Crippen LogP contribution is 2.20. The highest BCUT2D eigenvalue weighted by Gasteiger charge is 2.01. The molecule has 0 atom stereocenters. The van der Waals surface area contributed by atoms with Gasteiger partial charge in [-0.3, -0.25) is 0 Å². The first-order valence-electron chi connectivity index (χ1n) is 3.40. The molecule has 0 amide bonds. The van der Waals surface area contributed by atoms with E-state index in [1.807, 2.05) is 19.2 Å². The van der Waals surface area contributed by atoms with E-state index in [1.165, 1.54) is 0 Å².